The Morgan fingerprint density at radius 3 is 1.24 bits per heavy atom. The summed E-state index contributed by atoms with van der Waals surface area (Å²) in [4.78, 5) is 0. The van der Waals surface area contributed by atoms with Crippen molar-refractivity contribution in [2.75, 3.05) is 39.6 Å². The Morgan fingerprint density at radius 2 is 0.818 bits per heavy atom. The highest BCUT2D eigenvalue weighted by molar-refractivity contribution is 4.59. The van der Waals surface area contributed by atoms with E-state index in [2.05, 4.69) is 41.5 Å². The average molecular weight is 475 g/mol. The van der Waals surface area contributed by atoms with Gasteiger partial charge in [-0.15, -0.1) is 0 Å². The number of hydrogen-bond donors (Lipinski definition) is 0. The van der Waals surface area contributed by atoms with E-state index in [1.807, 2.05) is 13.8 Å². The fourth-order valence-corrected chi connectivity index (χ4v) is 3.87. The highest BCUT2D eigenvalue weighted by Crippen LogP contribution is 2.15. The van der Waals surface area contributed by atoms with E-state index in [-0.39, 0.29) is 24.4 Å². The van der Waals surface area contributed by atoms with Crippen molar-refractivity contribution in [3.05, 3.63) is 0 Å². The normalized spacial score (nSPS) is 15.8. The molecule has 0 amide bonds. The van der Waals surface area contributed by atoms with Crippen LogP contribution in [0.15, 0.2) is 0 Å². The van der Waals surface area contributed by atoms with Crippen LogP contribution >= 0.6 is 0 Å². The summed E-state index contributed by atoms with van der Waals surface area (Å²) >= 11 is 0. The smallest absolute Gasteiger partial charge is 0.0781 e. The van der Waals surface area contributed by atoms with Gasteiger partial charge in [0, 0.05) is 13.2 Å². The van der Waals surface area contributed by atoms with Gasteiger partial charge in [-0.3, -0.25) is 0 Å². The maximum absolute atomic E-state index is 5.90. The van der Waals surface area contributed by atoms with E-state index in [0.717, 1.165) is 37.9 Å². The lowest BCUT2D eigenvalue weighted by atomic mass is 9.98. The van der Waals surface area contributed by atoms with Gasteiger partial charge in [-0.1, -0.05) is 53.4 Å². The van der Waals surface area contributed by atoms with Crippen LogP contribution in [0.2, 0.25) is 0 Å². The fraction of sp³-hybridized carbons (Fsp3) is 1.00. The Kier molecular flexibility index (Phi) is 22.1. The zero-order valence-electron chi connectivity index (χ0n) is 23.4. The van der Waals surface area contributed by atoms with Gasteiger partial charge < -0.3 is 23.7 Å². The first-order chi connectivity index (χ1) is 15.9. The van der Waals surface area contributed by atoms with E-state index >= 15 is 0 Å². The predicted octanol–water partition coefficient (Wildman–Crippen LogP) is 7.06. The first-order valence-corrected chi connectivity index (χ1v) is 13.9. The molecule has 4 unspecified atom stereocenters. The van der Waals surface area contributed by atoms with E-state index in [0.29, 0.717) is 26.4 Å². The second-order valence-electron chi connectivity index (χ2n) is 9.84. The van der Waals surface area contributed by atoms with Gasteiger partial charge in [0.1, 0.15) is 0 Å². The molecule has 0 aliphatic heterocycles. The van der Waals surface area contributed by atoms with Gasteiger partial charge >= 0.3 is 0 Å². The van der Waals surface area contributed by atoms with Crippen LogP contribution in [0.1, 0.15) is 107 Å². The summed E-state index contributed by atoms with van der Waals surface area (Å²) in [5, 5.41) is 0. The molecule has 0 rings (SSSR count). The van der Waals surface area contributed by atoms with Crippen molar-refractivity contribution >= 4 is 0 Å². The van der Waals surface area contributed by atoms with Crippen LogP contribution in [0.5, 0.6) is 0 Å². The molecule has 33 heavy (non-hydrogen) atoms. The summed E-state index contributed by atoms with van der Waals surface area (Å²) in [6.45, 7) is 21.3. The molecular formula is C28H58O5. The summed E-state index contributed by atoms with van der Waals surface area (Å²) in [5.74, 6) is 1.68. The number of ether oxygens (including phenoxy) is 5. The summed E-state index contributed by atoms with van der Waals surface area (Å²) in [6.07, 6.45) is 10.1. The summed E-state index contributed by atoms with van der Waals surface area (Å²) < 4.78 is 29.4. The molecule has 0 saturated heterocycles. The second kappa shape index (κ2) is 22.3. The molecule has 0 spiro atoms. The molecule has 0 heterocycles. The molecule has 0 fully saturated rings. The molecule has 0 bridgehead atoms. The van der Waals surface area contributed by atoms with Gasteiger partial charge in [-0.25, -0.2) is 0 Å². The van der Waals surface area contributed by atoms with Gasteiger partial charge in [0.05, 0.1) is 50.8 Å². The molecule has 4 atom stereocenters. The Hall–Kier alpha value is -0.200. The second-order valence-corrected chi connectivity index (χ2v) is 9.84. The first kappa shape index (κ1) is 32.8. The standard InChI is InChI=1S/C28H58O5/c1-9-27(10-2)15-13-17-29-19-23(5)31-21-25(7)33-22-26(8)32-20-24(6)30-18-14-16-28(11-3)12-4/h23-28H,9-22H2,1-8H3. The lowest BCUT2D eigenvalue weighted by Crippen LogP contribution is -2.28. The van der Waals surface area contributed by atoms with E-state index in [1.165, 1.54) is 38.5 Å². The zero-order valence-corrected chi connectivity index (χ0v) is 23.4. The first-order valence-electron chi connectivity index (χ1n) is 13.9. The van der Waals surface area contributed by atoms with Crippen molar-refractivity contribution in [2.45, 2.75) is 131 Å². The Morgan fingerprint density at radius 1 is 0.455 bits per heavy atom. The Balaban J connectivity index is 3.70. The van der Waals surface area contributed by atoms with Crippen molar-refractivity contribution in [1.29, 1.82) is 0 Å². The van der Waals surface area contributed by atoms with Crippen LogP contribution in [0.3, 0.4) is 0 Å². The number of rotatable bonds is 24. The third kappa shape index (κ3) is 19.8. The van der Waals surface area contributed by atoms with Gasteiger partial charge in [-0.2, -0.15) is 0 Å². The summed E-state index contributed by atoms with van der Waals surface area (Å²) in [6, 6.07) is 0. The molecule has 0 radical (unpaired) electrons. The highest BCUT2D eigenvalue weighted by atomic mass is 16.6. The molecule has 0 N–H and O–H groups in total. The Bertz CT molecular complexity index is 398. The molecule has 200 valence electrons. The van der Waals surface area contributed by atoms with Crippen LogP contribution in [0, 0.1) is 11.8 Å². The van der Waals surface area contributed by atoms with Crippen LogP contribution in [0.25, 0.3) is 0 Å². The van der Waals surface area contributed by atoms with Gasteiger partial charge in [0.2, 0.25) is 0 Å². The van der Waals surface area contributed by atoms with Crippen molar-refractivity contribution in [2.24, 2.45) is 11.8 Å². The molecule has 0 aromatic heterocycles. The van der Waals surface area contributed by atoms with Gasteiger partial charge in [0.15, 0.2) is 0 Å². The maximum atomic E-state index is 5.90. The van der Waals surface area contributed by atoms with Crippen LogP contribution < -0.4 is 0 Å². The van der Waals surface area contributed by atoms with E-state index < -0.39 is 0 Å². The average Bonchev–Trinajstić information content (AvgIpc) is 2.82. The molecule has 0 saturated carbocycles. The predicted molar refractivity (Wildman–Crippen MR) is 139 cm³/mol. The lowest BCUT2D eigenvalue weighted by molar-refractivity contribution is -0.0923. The summed E-state index contributed by atoms with van der Waals surface area (Å²) in [5.41, 5.74) is 0. The molecule has 5 nitrogen and oxygen atoms in total. The summed E-state index contributed by atoms with van der Waals surface area (Å²) in [7, 11) is 0. The molecule has 5 heteroatoms. The fourth-order valence-electron chi connectivity index (χ4n) is 3.87. The zero-order chi connectivity index (χ0) is 24.9. The number of hydrogen-bond acceptors (Lipinski definition) is 5. The minimum atomic E-state index is 0.0344. The molecule has 0 aromatic carbocycles. The minimum Gasteiger partial charge on any atom is -0.379 e. The van der Waals surface area contributed by atoms with Crippen LogP contribution in [0.4, 0.5) is 0 Å². The third-order valence-electron chi connectivity index (χ3n) is 6.57. The van der Waals surface area contributed by atoms with Crippen LogP contribution in [-0.4, -0.2) is 64.1 Å². The minimum absolute atomic E-state index is 0.0344. The topological polar surface area (TPSA) is 46.2 Å². The third-order valence-corrected chi connectivity index (χ3v) is 6.57. The molecule has 0 aliphatic carbocycles. The van der Waals surface area contributed by atoms with Gasteiger partial charge in [-0.05, 0) is 65.2 Å². The van der Waals surface area contributed by atoms with Gasteiger partial charge in [0.25, 0.3) is 0 Å². The lowest BCUT2D eigenvalue weighted by Gasteiger charge is -2.21. The van der Waals surface area contributed by atoms with Crippen molar-refractivity contribution in [1.82, 2.24) is 0 Å². The van der Waals surface area contributed by atoms with Crippen molar-refractivity contribution < 1.29 is 23.7 Å². The maximum Gasteiger partial charge on any atom is 0.0781 e. The van der Waals surface area contributed by atoms with E-state index in [9.17, 15) is 0 Å². The van der Waals surface area contributed by atoms with Crippen molar-refractivity contribution in [3.8, 4) is 0 Å². The van der Waals surface area contributed by atoms with E-state index in [4.69, 9.17) is 23.7 Å². The Labute approximate surface area is 206 Å². The SMILES string of the molecule is CCC(CC)CCCOCC(C)OCC(C)OCC(C)OCC(C)OCCCC(CC)CC. The molecule has 0 aliphatic rings. The largest absolute Gasteiger partial charge is 0.379 e. The highest BCUT2D eigenvalue weighted by Gasteiger charge is 2.12. The van der Waals surface area contributed by atoms with Crippen LogP contribution in [-0.2, 0) is 23.7 Å². The quantitative estimate of drug-likeness (QED) is 0.140. The van der Waals surface area contributed by atoms with Crippen molar-refractivity contribution in [3.63, 3.8) is 0 Å². The molecular weight excluding hydrogens is 416 g/mol. The monoisotopic (exact) mass is 474 g/mol. The molecule has 0 aromatic rings. The van der Waals surface area contributed by atoms with E-state index in [1.54, 1.807) is 0 Å².